The van der Waals surface area contributed by atoms with Crippen LogP contribution < -0.4 is 14.8 Å². The van der Waals surface area contributed by atoms with E-state index in [1.807, 2.05) is 0 Å². The molecule has 90 valence electrons. The number of amides is 1. The lowest BCUT2D eigenvalue weighted by Crippen LogP contribution is -2.15. The fourth-order valence-electron chi connectivity index (χ4n) is 1.41. The maximum Gasteiger partial charge on any atom is 0.337 e. The van der Waals surface area contributed by atoms with Gasteiger partial charge in [-0.25, -0.2) is 4.79 Å². The van der Waals surface area contributed by atoms with Crippen LogP contribution in [0, 0.1) is 0 Å². The van der Waals surface area contributed by atoms with Crippen LogP contribution in [0.15, 0.2) is 12.1 Å². The molecule has 0 aliphatic carbocycles. The van der Waals surface area contributed by atoms with Crippen molar-refractivity contribution in [2.75, 3.05) is 18.0 Å². The molecule has 17 heavy (non-hydrogen) atoms. The molecule has 1 aliphatic heterocycles. The molecule has 0 spiro atoms. The zero-order chi connectivity index (χ0) is 12.4. The summed E-state index contributed by atoms with van der Waals surface area (Å²) in [4.78, 5) is 22.2. The standard InChI is InChI=1S/C10H8ClNO5/c11-3-9(13)12-6-2-8-7(16-4-17-8)1-5(6)10(14)15/h1-2H,3-4H2,(H,12,13)(H,14,15). The topological polar surface area (TPSA) is 84.9 Å². The molecule has 2 N–H and O–H groups in total. The number of carbonyl (C=O) groups excluding carboxylic acids is 1. The molecule has 2 rings (SSSR count). The van der Waals surface area contributed by atoms with Crippen molar-refractivity contribution < 1.29 is 24.2 Å². The third-order valence-corrected chi connectivity index (χ3v) is 2.38. The predicted octanol–water partition coefficient (Wildman–Crippen LogP) is 1.29. The van der Waals surface area contributed by atoms with Gasteiger partial charge in [0.05, 0.1) is 11.3 Å². The van der Waals surface area contributed by atoms with Crippen molar-refractivity contribution in [3.05, 3.63) is 17.7 Å². The van der Waals surface area contributed by atoms with Crippen LogP contribution >= 0.6 is 11.6 Å². The maximum absolute atomic E-state index is 11.1. The van der Waals surface area contributed by atoms with Gasteiger partial charge in [0.1, 0.15) is 5.88 Å². The van der Waals surface area contributed by atoms with Crippen LogP contribution in [0.5, 0.6) is 11.5 Å². The highest BCUT2D eigenvalue weighted by Gasteiger charge is 2.21. The Morgan fingerprint density at radius 2 is 2.00 bits per heavy atom. The van der Waals surface area contributed by atoms with Crippen LogP contribution in [-0.2, 0) is 4.79 Å². The lowest BCUT2D eigenvalue weighted by Gasteiger charge is -2.08. The SMILES string of the molecule is O=C(CCl)Nc1cc2c(cc1C(=O)O)OCO2. The second-order valence-electron chi connectivity index (χ2n) is 3.24. The molecule has 1 aliphatic rings. The van der Waals surface area contributed by atoms with E-state index in [1.165, 1.54) is 12.1 Å². The molecule has 1 aromatic rings. The van der Waals surface area contributed by atoms with Crippen molar-refractivity contribution in [3.63, 3.8) is 0 Å². The number of rotatable bonds is 3. The summed E-state index contributed by atoms with van der Waals surface area (Å²) in [6.07, 6.45) is 0. The molecule has 7 heteroatoms. The Balaban J connectivity index is 2.41. The van der Waals surface area contributed by atoms with E-state index in [9.17, 15) is 9.59 Å². The summed E-state index contributed by atoms with van der Waals surface area (Å²) in [5.74, 6) is -1.19. The molecule has 0 saturated carbocycles. The number of hydrogen-bond acceptors (Lipinski definition) is 4. The molecule has 1 aromatic carbocycles. The van der Waals surface area contributed by atoms with E-state index in [2.05, 4.69) is 5.32 Å². The minimum Gasteiger partial charge on any atom is -0.478 e. The number of halogens is 1. The Bertz CT molecular complexity index is 488. The zero-order valence-electron chi connectivity index (χ0n) is 8.53. The van der Waals surface area contributed by atoms with E-state index in [0.717, 1.165) is 0 Å². The van der Waals surface area contributed by atoms with E-state index < -0.39 is 11.9 Å². The number of benzene rings is 1. The van der Waals surface area contributed by atoms with E-state index in [1.54, 1.807) is 0 Å². The summed E-state index contributed by atoms with van der Waals surface area (Å²) in [7, 11) is 0. The van der Waals surface area contributed by atoms with Gasteiger partial charge in [0.15, 0.2) is 11.5 Å². The third kappa shape index (κ3) is 2.26. The van der Waals surface area contributed by atoms with Gasteiger partial charge in [0.2, 0.25) is 12.7 Å². The van der Waals surface area contributed by atoms with Crippen LogP contribution in [-0.4, -0.2) is 29.7 Å². The van der Waals surface area contributed by atoms with Gasteiger partial charge in [-0.3, -0.25) is 4.79 Å². The molecular weight excluding hydrogens is 250 g/mol. The van der Waals surface area contributed by atoms with Crippen molar-refractivity contribution in [3.8, 4) is 11.5 Å². The zero-order valence-corrected chi connectivity index (χ0v) is 9.28. The van der Waals surface area contributed by atoms with Gasteiger partial charge in [-0.1, -0.05) is 0 Å². The van der Waals surface area contributed by atoms with Crippen molar-refractivity contribution in [1.82, 2.24) is 0 Å². The Morgan fingerprint density at radius 3 is 2.59 bits per heavy atom. The number of carbonyl (C=O) groups is 2. The van der Waals surface area contributed by atoms with Gasteiger partial charge in [-0.05, 0) is 0 Å². The van der Waals surface area contributed by atoms with Crippen LogP contribution in [0.1, 0.15) is 10.4 Å². The normalized spacial score (nSPS) is 12.3. The average molecular weight is 258 g/mol. The fraction of sp³-hybridized carbons (Fsp3) is 0.200. The first-order chi connectivity index (χ1) is 8.11. The van der Waals surface area contributed by atoms with E-state index >= 15 is 0 Å². The molecule has 0 radical (unpaired) electrons. The molecule has 6 nitrogen and oxygen atoms in total. The number of anilines is 1. The molecule has 0 atom stereocenters. The fourth-order valence-corrected chi connectivity index (χ4v) is 1.47. The summed E-state index contributed by atoms with van der Waals surface area (Å²) >= 11 is 5.34. The first kappa shape index (κ1) is 11.5. The highest BCUT2D eigenvalue weighted by atomic mass is 35.5. The summed E-state index contributed by atoms with van der Waals surface area (Å²) in [5, 5.41) is 11.4. The first-order valence-corrected chi connectivity index (χ1v) is 5.18. The largest absolute Gasteiger partial charge is 0.478 e. The van der Waals surface area contributed by atoms with E-state index in [-0.39, 0.29) is 23.9 Å². The first-order valence-electron chi connectivity index (χ1n) is 4.64. The minimum absolute atomic E-state index is 0.0291. The quantitative estimate of drug-likeness (QED) is 0.797. The number of ether oxygens (including phenoxy) is 2. The van der Waals surface area contributed by atoms with Gasteiger partial charge in [0.25, 0.3) is 0 Å². The van der Waals surface area contributed by atoms with Gasteiger partial charge >= 0.3 is 5.97 Å². The van der Waals surface area contributed by atoms with Crippen LogP contribution in [0.4, 0.5) is 5.69 Å². The minimum atomic E-state index is -1.17. The Labute approximate surface area is 101 Å². The van der Waals surface area contributed by atoms with Crippen LogP contribution in [0.3, 0.4) is 0 Å². The lowest BCUT2D eigenvalue weighted by molar-refractivity contribution is -0.113. The van der Waals surface area contributed by atoms with Gasteiger partial charge < -0.3 is 19.9 Å². The number of carboxylic acids is 1. The third-order valence-electron chi connectivity index (χ3n) is 2.14. The molecule has 0 aromatic heterocycles. The molecule has 0 saturated heterocycles. The number of fused-ring (bicyclic) bond motifs is 1. The summed E-state index contributed by atoms with van der Waals surface area (Å²) in [6, 6.07) is 2.70. The molecule has 0 unspecified atom stereocenters. The maximum atomic E-state index is 11.1. The van der Waals surface area contributed by atoms with E-state index in [4.69, 9.17) is 26.2 Å². The van der Waals surface area contributed by atoms with Crippen molar-refractivity contribution in [2.24, 2.45) is 0 Å². The molecule has 1 amide bonds. The number of nitrogens with one attached hydrogen (secondary N) is 1. The lowest BCUT2D eigenvalue weighted by atomic mass is 10.1. The second kappa shape index (κ2) is 4.50. The summed E-state index contributed by atoms with van der Waals surface area (Å²) in [5.41, 5.74) is 0.0557. The van der Waals surface area contributed by atoms with Crippen molar-refractivity contribution >= 4 is 29.2 Å². The number of hydrogen-bond donors (Lipinski definition) is 2. The number of alkyl halides is 1. The average Bonchev–Trinajstić information content (AvgIpc) is 2.74. The van der Waals surface area contributed by atoms with Crippen LogP contribution in [0.2, 0.25) is 0 Å². The van der Waals surface area contributed by atoms with E-state index in [0.29, 0.717) is 11.5 Å². The monoisotopic (exact) mass is 257 g/mol. The Hall–Kier alpha value is -1.95. The Morgan fingerprint density at radius 1 is 1.35 bits per heavy atom. The van der Waals surface area contributed by atoms with Gasteiger partial charge in [-0.2, -0.15) is 0 Å². The number of carboxylic acid groups (broad SMARTS) is 1. The molecule has 0 bridgehead atoms. The van der Waals surface area contributed by atoms with Gasteiger partial charge in [0, 0.05) is 12.1 Å². The van der Waals surface area contributed by atoms with Crippen molar-refractivity contribution in [1.29, 1.82) is 0 Å². The van der Waals surface area contributed by atoms with Gasteiger partial charge in [-0.15, -0.1) is 11.6 Å². The molecule has 0 fully saturated rings. The highest BCUT2D eigenvalue weighted by molar-refractivity contribution is 6.29. The number of aromatic carboxylic acids is 1. The van der Waals surface area contributed by atoms with Crippen molar-refractivity contribution in [2.45, 2.75) is 0 Å². The smallest absolute Gasteiger partial charge is 0.337 e. The molecule has 1 heterocycles. The van der Waals surface area contributed by atoms with Crippen LogP contribution in [0.25, 0.3) is 0 Å². The summed E-state index contributed by atoms with van der Waals surface area (Å²) in [6.45, 7) is 0.0291. The summed E-state index contributed by atoms with van der Waals surface area (Å²) < 4.78 is 10.1. The molecular formula is C10H8ClNO5. The Kier molecular flexibility index (Phi) is 3.06. The predicted molar refractivity (Wildman–Crippen MR) is 58.9 cm³/mol. The highest BCUT2D eigenvalue weighted by Crippen LogP contribution is 2.37. The second-order valence-corrected chi connectivity index (χ2v) is 3.51.